The minimum absolute atomic E-state index is 0.0342. The minimum atomic E-state index is -3.10. The van der Waals surface area contributed by atoms with E-state index in [-0.39, 0.29) is 24.5 Å². The average Bonchev–Trinajstić information content (AvgIpc) is 3.04. The summed E-state index contributed by atoms with van der Waals surface area (Å²) in [6.45, 7) is 0. The maximum absolute atomic E-state index is 12.1. The van der Waals surface area contributed by atoms with Gasteiger partial charge in [0.15, 0.2) is 0 Å². The fourth-order valence-corrected chi connectivity index (χ4v) is 4.09. The average molecular weight is 325 g/mol. The Kier molecular flexibility index (Phi) is 4.55. The molecular formula is C15H19NO5S. The summed E-state index contributed by atoms with van der Waals surface area (Å²) in [5.74, 6) is -1.14. The van der Waals surface area contributed by atoms with Crippen molar-refractivity contribution in [3.63, 3.8) is 0 Å². The number of aliphatic carboxylic acids is 1. The monoisotopic (exact) mass is 325 g/mol. The molecule has 1 saturated carbocycles. The van der Waals surface area contributed by atoms with Crippen molar-refractivity contribution in [3.8, 4) is 0 Å². The van der Waals surface area contributed by atoms with Gasteiger partial charge in [-0.1, -0.05) is 12.1 Å². The molecule has 2 rings (SSSR count). The van der Waals surface area contributed by atoms with Crippen molar-refractivity contribution in [2.75, 3.05) is 17.3 Å². The Hall–Kier alpha value is -1.89. The predicted molar refractivity (Wildman–Crippen MR) is 82.4 cm³/mol. The first kappa shape index (κ1) is 16.5. The van der Waals surface area contributed by atoms with E-state index in [1.165, 1.54) is 6.26 Å². The van der Waals surface area contributed by atoms with E-state index in [1.807, 2.05) is 0 Å². The minimum Gasteiger partial charge on any atom is -0.481 e. The predicted octanol–water partition coefficient (Wildman–Crippen LogP) is 1.47. The van der Waals surface area contributed by atoms with Crippen LogP contribution in [-0.4, -0.2) is 37.4 Å². The highest BCUT2D eigenvalue weighted by Crippen LogP contribution is 2.49. The third kappa shape index (κ3) is 5.14. The van der Waals surface area contributed by atoms with Crippen molar-refractivity contribution in [3.05, 3.63) is 29.8 Å². The number of hydrogen-bond acceptors (Lipinski definition) is 4. The highest BCUT2D eigenvalue weighted by Gasteiger charge is 2.46. The molecule has 6 nitrogen and oxygen atoms in total. The molecule has 0 saturated heterocycles. The normalized spacial score (nSPS) is 16.0. The Morgan fingerprint density at radius 3 is 2.55 bits per heavy atom. The van der Waals surface area contributed by atoms with Crippen LogP contribution in [0, 0.1) is 5.41 Å². The first-order valence-electron chi connectivity index (χ1n) is 6.96. The van der Waals surface area contributed by atoms with Crippen LogP contribution < -0.4 is 5.32 Å². The maximum Gasteiger partial charge on any atom is 0.307 e. The second-order valence-electron chi connectivity index (χ2n) is 6.07. The lowest BCUT2D eigenvalue weighted by Gasteiger charge is -2.14. The molecule has 120 valence electrons. The van der Waals surface area contributed by atoms with E-state index in [0.717, 1.165) is 12.8 Å². The van der Waals surface area contributed by atoms with Gasteiger partial charge in [-0.3, -0.25) is 9.59 Å². The van der Waals surface area contributed by atoms with Crippen molar-refractivity contribution in [1.82, 2.24) is 0 Å². The van der Waals surface area contributed by atoms with Gasteiger partial charge < -0.3 is 10.4 Å². The molecule has 7 heteroatoms. The number of carbonyl (C=O) groups is 2. The SMILES string of the molecule is CS(=O)(=O)CC1(CC(=O)Nc2cccc(CC(=O)O)c2)CC1. The summed E-state index contributed by atoms with van der Waals surface area (Å²) in [6.07, 6.45) is 2.73. The number of hydrogen-bond donors (Lipinski definition) is 2. The Bertz CT molecular complexity index is 692. The molecule has 1 aromatic carbocycles. The van der Waals surface area contributed by atoms with Gasteiger partial charge in [0.25, 0.3) is 0 Å². The molecule has 0 heterocycles. The van der Waals surface area contributed by atoms with Crippen LogP contribution in [0.25, 0.3) is 0 Å². The third-order valence-corrected chi connectivity index (χ3v) is 4.76. The summed E-state index contributed by atoms with van der Waals surface area (Å²) < 4.78 is 22.8. The van der Waals surface area contributed by atoms with Crippen LogP contribution >= 0.6 is 0 Å². The number of amides is 1. The van der Waals surface area contributed by atoms with E-state index < -0.39 is 21.2 Å². The zero-order chi connectivity index (χ0) is 16.4. The Balaban J connectivity index is 1.96. The standard InChI is InChI=1S/C15H19NO5S/c1-22(20,21)10-15(5-6-15)9-13(17)16-12-4-2-3-11(7-12)8-14(18)19/h2-4,7H,5-6,8-10H2,1H3,(H,16,17)(H,18,19). The molecule has 0 aliphatic heterocycles. The molecule has 0 bridgehead atoms. The quantitative estimate of drug-likeness (QED) is 0.790. The van der Waals surface area contributed by atoms with Crippen molar-refractivity contribution in [1.29, 1.82) is 0 Å². The topological polar surface area (TPSA) is 101 Å². The van der Waals surface area contributed by atoms with Crippen LogP contribution in [0.5, 0.6) is 0 Å². The van der Waals surface area contributed by atoms with E-state index in [9.17, 15) is 18.0 Å². The second kappa shape index (κ2) is 6.08. The summed E-state index contributed by atoms with van der Waals surface area (Å²) in [5.41, 5.74) is 0.706. The van der Waals surface area contributed by atoms with Crippen molar-refractivity contribution in [2.24, 2.45) is 5.41 Å². The molecule has 1 aliphatic carbocycles. The van der Waals surface area contributed by atoms with E-state index in [4.69, 9.17) is 5.11 Å². The molecule has 2 N–H and O–H groups in total. The zero-order valence-corrected chi connectivity index (χ0v) is 13.1. The number of nitrogens with one attached hydrogen (secondary N) is 1. The van der Waals surface area contributed by atoms with E-state index in [1.54, 1.807) is 24.3 Å². The fourth-order valence-electron chi connectivity index (χ4n) is 2.58. The number of rotatable bonds is 7. The first-order valence-corrected chi connectivity index (χ1v) is 9.02. The number of carbonyl (C=O) groups excluding carboxylic acids is 1. The molecule has 22 heavy (non-hydrogen) atoms. The molecular weight excluding hydrogens is 306 g/mol. The summed E-state index contributed by atoms with van der Waals surface area (Å²) in [6, 6.07) is 6.65. The smallest absolute Gasteiger partial charge is 0.307 e. The van der Waals surface area contributed by atoms with Crippen LogP contribution in [-0.2, 0) is 25.8 Å². The van der Waals surface area contributed by atoms with E-state index in [0.29, 0.717) is 11.3 Å². The van der Waals surface area contributed by atoms with Crippen LogP contribution in [0.4, 0.5) is 5.69 Å². The summed E-state index contributed by atoms with van der Waals surface area (Å²) >= 11 is 0. The van der Waals surface area contributed by atoms with Gasteiger partial charge in [-0.15, -0.1) is 0 Å². The summed E-state index contributed by atoms with van der Waals surface area (Å²) in [4.78, 5) is 22.8. The van der Waals surface area contributed by atoms with Crippen LogP contribution in [0.15, 0.2) is 24.3 Å². The Morgan fingerprint density at radius 2 is 2.00 bits per heavy atom. The van der Waals surface area contributed by atoms with Crippen LogP contribution in [0.2, 0.25) is 0 Å². The van der Waals surface area contributed by atoms with Crippen LogP contribution in [0.3, 0.4) is 0 Å². The fraction of sp³-hybridized carbons (Fsp3) is 0.467. The molecule has 0 spiro atoms. The molecule has 1 aliphatic rings. The highest BCUT2D eigenvalue weighted by molar-refractivity contribution is 7.90. The van der Waals surface area contributed by atoms with Gasteiger partial charge in [0.2, 0.25) is 5.91 Å². The number of carboxylic acid groups (broad SMARTS) is 1. The molecule has 0 unspecified atom stereocenters. The highest BCUT2D eigenvalue weighted by atomic mass is 32.2. The molecule has 1 amide bonds. The van der Waals surface area contributed by atoms with Gasteiger partial charge >= 0.3 is 5.97 Å². The molecule has 0 aromatic heterocycles. The van der Waals surface area contributed by atoms with Crippen LogP contribution in [0.1, 0.15) is 24.8 Å². The largest absolute Gasteiger partial charge is 0.481 e. The summed E-state index contributed by atoms with van der Waals surface area (Å²) in [5, 5.41) is 11.5. The van der Waals surface area contributed by atoms with E-state index >= 15 is 0 Å². The van der Waals surface area contributed by atoms with Gasteiger partial charge in [-0.25, -0.2) is 8.42 Å². The van der Waals surface area contributed by atoms with Crippen molar-refractivity contribution in [2.45, 2.75) is 25.7 Å². The van der Waals surface area contributed by atoms with Gasteiger partial charge in [-0.2, -0.15) is 0 Å². The lowest BCUT2D eigenvalue weighted by atomic mass is 10.0. The lowest BCUT2D eigenvalue weighted by molar-refractivity contribution is -0.136. The maximum atomic E-state index is 12.1. The molecule has 1 aromatic rings. The van der Waals surface area contributed by atoms with Crippen molar-refractivity contribution >= 4 is 27.4 Å². The number of sulfone groups is 1. The van der Waals surface area contributed by atoms with Gasteiger partial charge in [0.05, 0.1) is 12.2 Å². The lowest BCUT2D eigenvalue weighted by Crippen LogP contribution is -2.23. The van der Waals surface area contributed by atoms with Gasteiger partial charge in [-0.05, 0) is 36.0 Å². The zero-order valence-electron chi connectivity index (χ0n) is 12.3. The third-order valence-electron chi connectivity index (χ3n) is 3.63. The Labute approximate surface area is 129 Å². The van der Waals surface area contributed by atoms with E-state index in [2.05, 4.69) is 5.32 Å². The molecule has 0 radical (unpaired) electrons. The molecule has 0 atom stereocenters. The first-order chi connectivity index (χ1) is 10.2. The number of benzene rings is 1. The second-order valence-corrected chi connectivity index (χ2v) is 8.21. The number of anilines is 1. The van der Waals surface area contributed by atoms with Gasteiger partial charge in [0, 0.05) is 18.4 Å². The summed E-state index contributed by atoms with van der Waals surface area (Å²) in [7, 11) is -3.10. The van der Waals surface area contributed by atoms with Crippen molar-refractivity contribution < 1.29 is 23.1 Å². The Morgan fingerprint density at radius 1 is 1.32 bits per heavy atom. The number of carboxylic acids is 1. The molecule has 1 fully saturated rings. The van der Waals surface area contributed by atoms with Gasteiger partial charge in [0.1, 0.15) is 9.84 Å².